The van der Waals surface area contributed by atoms with Crippen molar-refractivity contribution in [1.82, 2.24) is 5.43 Å². The van der Waals surface area contributed by atoms with Gasteiger partial charge in [0.05, 0.1) is 12.0 Å². The zero-order valence-corrected chi connectivity index (χ0v) is 11.7. The molecule has 108 valence electrons. The van der Waals surface area contributed by atoms with Crippen LogP contribution in [-0.4, -0.2) is 6.18 Å². The first-order valence-electron chi connectivity index (χ1n) is 6.51. The molecule has 2 rings (SSSR count). The summed E-state index contributed by atoms with van der Waals surface area (Å²) in [6.07, 6.45) is -1.84. The van der Waals surface area contributed by atoms with Crippen molar-refractivity contribution in [3.63, 3.8) is 0 Å². The van der Waals surface area contributed by atoms with E-state index in [0.717, 1.165) is 16.9 Å². The maximum atomic E-state index is 13.1. The quantitative estimate of drug-likeness (QED) is 0.654. The van der Waals surface area contributed by atoms with Gasteiger partial charge in [0.25, 0.3) is 0 Å². The van der Waals surface area contributed by atoms with Gasteiger partial charge in [0.2, 0.25) is 0 Å². The van der Waals surface area contributed by atoms with E-state index in [0.29, 0.717) is 12.8 Å². The minimum atomic E-state index is -4.13. The molecule has 1 aliphatic carbocycles. The monoisotopic (exact) mass is 292 g/mol. The van der Waals surface area contributed by atoms with Crippen molar-refractivity contribution < 1.29 is 13.2 Å². The molecule has 3 atom stereocenters. The Bertz CT molecular complexity index is 416. The van der Waals surface area contributed by atoms with E-state index in [1.54, 1.807) is 11.3 Å². The lowest BCUT2D eigenvalue weighted by molar-refractivity contribution is -0.199. The van der Waals surface area contributed by atoms with Crippen molar-refractivity contribution in [2.75, 3.05) is 0 Å². The van der Waals surface area contributed by atoms with Crippen LogP contribution in [0.1, 0.15) is 42.2 Å². The fraction of sp³-hybridized carbons (Fsp3) is 0.692. The van der Waals surface area contributed by atoms with E-state index in [4.69, 9.17) is 5.84 Å². The Morgan fingerprint density at radius 2 is 2.05 bits per heavy atom. The van der Waals surface area contributed by atoms with Gasteiger partial charge in [-0.2, -0.15) is 13.2 Å². The van der Waals surface area contributed by atoms with Crippen LogP contribution in [0.5, 0.6) is 0 Å². The maximum absolute atomic E-state index is 13.1. The molecule has 0 bridgehead atoms. The van der Waals surface area contributed by atoms with Gasteiger partial charge in [-0.25, -0.2) is 0 Å². The molecule has 1 aromatic heterocycles. The van der Waals surface area contributed by atoms with Gasteiger partial charge in [0, 0.05) is 4.88 Å². The molecule has 19 heavy (non-hydrogen) atoms. The Morgan fingerprint density at radius 3 is 2.58 bits per heavy atom. The van der Waals surface area contributed by atoms with Crippen LogP contribution >= 0.6 is 11.3 Å². The number of halogens is 3. The zero-order chi connectivity index (χ0) is 14.0. The van der Waals surface area contributed by atoms with Crippen LogP contribution in [-0.2, 0) is 0 Å². The van der Waals surface area contributed by atoms with Gasteiger partial charge in [-0.1, -0.05) is 12.8 Å². The Hall–Kier alpha value is -0.590. The van der Waals surface area contributed by atoms with Crippen molar-refractivity contribution in [2.45, 2.75) is 44.8 Å². The Labute approximate surface area is 115 Å². The number of rotatable bonds is 3. The lowest BCUT2D eigenvalue weighted by Gasteiger charge is -2.37. The predicted octanol–water partition coefficient (Wildman–Crippen LogP) is 3.93. The van der Waals surface area contributed by atoms with Gasteiger partial charge in [0.1, 0.15) is 0 Å². The second-order valence-electron chi connectivity index (χ2n) is 5.23. The highest BCUT2D eigenvalue weighted by Crippen LogP contribution is 2.46. The van der Waals surface area contributed by atoms with Crippen LogP contribution < -0.4 is 11.3 Å². The van der Waals surface area contributed by atoms with E-state index in [1.165, 1.54) is 0 Å². The summed E-state index contributed by atoms with van der Waals surface area (Å²) in [5, 5.41) is 1.90. The summed E-state index contributed by atoms with van der Waals surface area (Å²) < 4.78 is 39.4. The highest BCUT2D eigenvalue weighted by Gasteiger charge is 2.48. The number of aryl methyl sites for hydroxylation is 1. The summed E-state index contributed by atoms with van der Waals surface area (Å²) in [7, 11) is 0. The normalized spacial score (nSPS) is 26.4. The summed E-state index contributed by atoms with van der Waals surface area (Å²) >= 11 is 1.54. The lowest BCUT2D eigenvalue weighted by atomic mass is 9.73. The molecule has 1 heterocycles. The summed E-state index contributed by atoms with van der Waals surface area (Å²) in [4.78, 5) is 1.09. The lowest BCUT2D eigenvalue weighted by Crippen LogP contribution is -2.42. The van der Waals surface area contributed by atoms with Crippen LogP contribution in [0.15, 0.2) is 11.4 Å². The maximum Gasteiger partial charge on any atom is 0.392 e. The zero-order valence-electron chi connectivity index (χ0n) is 10.8. The summed E-state index contributed by atoms with van der Waals surface area (Å²) in [6.45, 7) is 1.95. The first-order valence-corrected chi connectivity index (χ1v) is 7.39. The van der Waals surface area contributed by atoms with Gasteiger partial charge in [-0.05, 0) is 42.7 Å². The Morgan fingerprint density at radius 1 is 1.37 bits per heavy atom. The Balaban J connectivity index is 2.24. The standard InChI is InChI=1S/C13H19F3N2S/c1-8-6-9(7-19-8)12(18-17)10-4-2-3-5-11(10)13(14,15)16/h6-7,10-12,18H,2-5,17H2,1H3. The molecular weight excluding hydrogens is 273 g/mol. The van der Waals surface area contributed by atoms with Crippen molar-refractivity contribution in [2.24, 2.45) is 17.7 Å². The van der Waals surface area contributed by atoms with Crippen LogP contribution in [0.3, 0.4) is 0 Å². The third-order valence-corrected chi connectivity index (χ3v) is 4.84. The summed E-state index contributed by atoms with van der Waals surface area (Å²) in [5.41, 5.74) is 3.49. The second-order valence-corrected chi connectivity index (χ2v) is 6.35. The highest BCUT2D eigenvalue weighted by molar-refractivity contribution is 7.10. The number of hydrogen-bond donors (Lipinski definition) is 2. The van der Waals surface area contributed by atoms with Crippen LogP contribution in [0.4, 0.5) is 13.2 Å². The molecule has 0 amide bonds. The van der Waals surface area contributed by atoms with E-state index < -0.39 is 24.1 Å². The number of hydrogen-bond acceptors (Lipinski definition) is 3. The average Bonchev–Trinajstić information content (AvgIpc) is 2.76. The molecule has 2 nitrogen and oxygen atoms in total. The third kappa shape index (κ3) is 3.30. The third-order valence-electron chi connectivity index (χ3n) is 3.96. The molecule has 1 aromatic rings. The molecule has 0 aliphatic heterocycles. The Kier molecular flexibility index (Phi) is 4.53. The average molecular weight is 292 g/mol. The minimum Gasteiger partial charge on any atom is -0.271 e. The molecule has 0 saturated heterocycles. The first kappa shape index (κ1) is 14.8. The van der Waals surface area contributed by atoms with Crippen molar-refractivity contribution in [3.05, 3.63) is 21.9 Å². The SMILES string of the molecule is Cc1cc(C(NN)C2CCCCC2C(F)(F)F)cs1. The highest BCUT2D eigenvalue weighted by atomic mass is 32.1. The van der Waals surface area contributed by atoms with Gasteiger partial charge in [-0.3, -0.25) is 11.3 Å². The second kappa shape index (κ2) is 5.81. The van der Waals surface area contributed by atoms with Gasteiger partial charge < -0.3 is 0 Å². The van der Waals surface area contributed by atoms with Crippen molar-refractivity contribution in [3.8, 4) is 0 Å². The van der Waals surface area contributed by atoms with E-state index in [-0.39, 0.29) is 6.42 Å². The first-order chi connectivity index (χ1) is 8.93. The van der Waals surface area contributed by atoms with E-state index in [1.807, 2.05) is 18.4 Å². The van der Waals surface area contributed by atoms with Gasteiger partial charge in [-0.15, -0.1) is 11.3 Å². The fourth-order valence-electron chi connectivity index (χ4n) is 3.06. The van der Waals surface area contributed by atoms with Crippen LogP contribution in [0.2, 0.25) is 0 Å². The number of thiophene rings is 1. The number of nitrogens with two attached hydrogens (primary N) is 1. The molecule has 3 unspecified atom stereocenters. The molecule has 0 spiro atoms. The van der Waals surface area contributed by atoms with E-state index in [9.17, 15) is 13.2 Å². The fourth-order valence-corrected chi connectivity index (χ4v) is 3.80. The molecular formula is C13H19F3N2S. The molecule has 0 aromatic carbocycles. The van der Waals surface area contributed by atoms with Crippen molar-refractivity contribution in [1.29, 1.82) is 0 Å². The molecule has 1 fully saturated rings. The van der Waals surface area contributed by atoms with E-state index in [2.05, 4.69) is 5.43 Å². The minimum absolute atomic E-state index is 0.218. The smallest absolute Gasteiger partial charge is 0.271 e. The molecule has 0 radical (unpaired) electrons. The summed E-state index contributed by atoms with van der Waals surface area (Å²) in [5.74, 6) is 3.82. The van der Waals surface area contributed by atoms with E-state index >= 15 is 0 Å². The topological polar surface area (TPSA) is 38.0 Å². The largest absolute Gasteiger partial charge is 0.392 e. The molecule has 1 aliphatic rings. The molecule has 6 heteroatoms. The molecule has 3 N–H and O–H groups in total. The van der Waals surface area contributed by atoms with Crippen LogP contribution in [0, 0.1) is 18.8 Å². The number of alkyl halides is 3. The van der Waals surface area contributed by atoms with Gasteiger partial charge in [0.15, 0.2) is 0 Å². The van der Waals surface area contributed by atoms with Crippen molar-refractivity contribution >= 4 is 11.3 Å². The summed E-state index contributed by atoms with van der Waals surface area (Å²) in [6, 6.07) is 1.52. The number of nitrogens with one attached hydrogen (secondary N) is 1. The number of hydrazine groups is 1. The molecule has 1 saturated carbocycles. The predicted molar refractivity (Wildman–Crippen MR) is 70.6 cm³/mol. The van der Waals surface area contributed by atoms with Gasteiger partial charge >= 0.3 is 6.18 Å². The van der Waals surface area contributed by atoms with Crippen LogP contribution in [0.25, 0.3) is 0 Å².